The van der Waals surface area contributed by atoms with Gasteiger partial charge in [-0.2, -0.15) is 0 Å². The van der Waals surface area contributed by atoms with Crippen LogP contribution in [0.15, 0.2) is 0 Å². The van der Waals surface area contributed by atoms with Crippen LogP contribution in [0.4, 0.5) is 4.79 Å². The van der Waals surface area contributed by atoms with E-state index in [0.717, 1.165) is 0 Å². The molecule has 2 atom stereocenters. The lowest BCUT2D eigenvalue weighted by molar-refractivity contribution is -0.156. The first kappa shape index (κ1) is 24.2. The summed E-state index contributed by atoms with van der Waals surface area (Å²) in [6.07, 6.45) is -0.572. The predicted octanol–water partition coefficient (Wildman–Crippen LogP) is 2.93. The largest absolute Gasteiger partial charge is 0.464 e. The summed E-state index contributed by atoms with van der Waals surface area (Å²) in [5.41, 5.74) is -0.311. The molecule has 152 valence electrons. The molecule has 7 nitrogen and oxygen atoms in total. The third-order valence-corrected chi connectivity index (χ3v) is 3.77. The molecule has 0 spiro atoms. The van der Waals surface area contributed by atoms with Crippen molar-refractivity contribution in [3.63, 3.8) is 0 Å². The summed E-state index contributed by atoms with van der Waals surface area (Å²) >= 11 is 0. The van der Waals surface area contributed by atoms with Crippen molar-refractivity contribution in [1.29, 1.82) is 0 Å². The minimum Gasteiger partial charge on any atom is -0.464 e. The zero-order valence-corrected chi connectivity index (χ0v) is 18.0. The summed E-state index contributed by atoms with van der Waals surface area (Å²) in [4.78, 5) is 39.4. The summed E-state index contributed by atoms with van der Waals surface area (Å²) in [5.74, 6) is -0.832. The van der Waals surface area contributed by atoms with Crippen molar-refractivity contribution in [2.24, 2.45) is 10.8 Å². The maximum Gasteiger partial charge on any atom is 0.410 e. The first-order chi connectivity index (χ1) is 11.6. The molecule has 2 amide bonds. The summed E-state index contributed by atoms with van der Waals surface area (Å²) in [6.45, 7) is 15.5. The molecule has 0 aliphatic rings. The van der Waals surface area contributed by atoms with E-state index in [2.05, 4.69) is 0 Å². The average molecular weight is 373 g/mol. The number of carbonyl (C=O) groups excluding carboxylic acids is 3. The molecule has 0 saturated heterocycles. The van der Waals surface area contributed by atoms with Gasteiger partial charge in [0.25, 0.3) is 0 Å². The molecule has 0 aromatic heterocycles. The number of hydrogen-bond acceptors (Lipinski definition) is 5. The fourth-order valence-electron chi connectivity index (χ4n) is 1.76. The fourth-order valence-corrected chi connectivity index (χ4v) is 1.76. The molecule has 0 fully saturated rings. The molecular weight excluding hydrogens is 336 g/mol. The van der Waals surface area contributed by atoms with Crippen LogP contribution >= 0.6 is 0 Å². The van der Waals surface area contributed by atoms with Gasteiger partial charge in [0.2, 0.25) is 5.91 Å². The molecule has 0 aliphatic heterocycles. The Morgan fingerprint density at radius 3 is 1.62 bits per heavy atom. The number of rotatable bonds is 6. The lowest BCUT2D eigenvalue weighted by Crippen LogP contribution is -2.51. The highest BCUT2D eigenvalue weighted by atomic mass is 16.6. The summed E-state index contributed by atoms with van der Waals surface area (Å²) < 4.78 is 10.5. The van der Waals surface area contributed by atoms with Crippen molar-refractivity contribution in [3.05, 3.63) is 0 Å². The van der Waals surface area contributed by atoms with Crippen LogP contribution in [0.25, 0.3) is 0 Å². The number of carbonyl (C=O) groups is 3. The normalized spacial score (nSPS) is 14.2. The monoisotopic (exact) mass is 372 g/mol. The molecule has 0 aliphatic carbocycles. The Labute approximate surface area is 158 Å². The van der Waals surface area contributed by atoms with Crippen LogP contribution in [0.1, 0.15) is 55.4 Å². The van der Waals surface area contributed by atoms with Gasteiger partial charge in [0.05, 0.1) is 13.2 Å². The Bertz CT molecular complexity index is 461. The van der Waals surface area contributed by atoms with E-state index in [1.807, 2.05) is 41.5 Å². The predicted molar refractivity (Wildman–Crippen MR) is 101 cm³/mol. The minimum absolute atomic E-state index is 0.151. The second-order valence-corrected chi connectivity index (χ2v) is 9.20. The highest BCUT2D eigenvalue weighted by molar-refractivity contribution is 5.89. The summed E-state index contributed by atoms with van der Waals surface area (Å²) in [6, 6.07) is -1.50. The quantitative estimate of drug-likeness (QED) is 0.670. The Kier molecular flexibility index (Phi) is 8.60. The number of esters is 1. The van der Waals surface area contributed by atoms with E-state index in [1.54, 1.807) is 13.8 Å². The Balaban J connectivity index is 4.78. The molecule has 2 unspecified atom stereocenters. The number of ether oxygens (including phenoxy) is 2. The van der Waals surface area contributed by atoms with Crippen molar-refractivity contribution in [2.75, 3.05) is 27.3 Å². The highest BCUT2D eigenvalue weighted by Gasteiger charge is 2.32. The van der Waals surface area contributed by atoms with E-state index in [4.69, 9.17) is 9.47 Å². The van der Waals surface area contributed by atoms with Gasteiger partial charge < -0.3 is 14.4 Å². The van der Waals surface area contributed by atoms with E-state index in [1.165, 1.54) is 23.9 Å². The van der Waals surface area contributed by atoms with Crippen LogP contribution in [-0.4, -0.2) is 67.2 Å². The third kappa shape index (κ3) is 8.54. The molecule has 7 heteroatoms. The molecule has 0 N–H and O–H groups in total. The van der Waals surface area contributed by atoms with Gasteiger partial charge in [-0.3, -0.25) is 9.69 Å². The van der Waals surface area contributed by atoms with E-state index >= 15 is 0 Å². The van der Waals surface area contributed by atoms with Gasteiger partial charge >= 0.3 is 12.1 Å². The molecule has 0 aromatic rings. The zero-order chi connectivity index (χ0) is 20.9. The molecule has 0 radical (unpaired) electrons. The Morgan fingerprint density at radius 1 is 0.769 bits per heavy atom. The lowest BCUT2D eigenvalue weighted by atomic mass is 9.99. The highest BCUT2D eigenvalue weighted by Crippen LogP contribution is 2.16. The second-order valence-electron chi connectivity index (χ2n) is 9.20. The van der Waals surface area contributed by atoms with Crippen molar-refractivity contribution >= 4 is 18.0 Å². The van der Waals surface area contributed by atoms with Crippen LogP contribution < -0.4 is 0 Å². The number of nitrogens with zero attached hydrogens (tertiary/aromatic N) is 2. The summed E-state index contributed by atoms with van der Waals surface area (Å²) in [5, 5.41) is 0. The molecule has 0 saturated carbocycles. The van der Waals surface area contributed by atoms with E-state index < -0.39 is 24.1 Å². The van der Waals surface area contributed by atoms with Crippen molar-refractivity contribution in [2.45, 2.75) is 67.5 Å². The molecule has 0 heterocycles. The Morgan fingerprint density at radius 2 is 1.19 bits per heavy atom. The SMILES string of the molecule is CC(C(=O)N(C)C(C)C(=O)OCC(C)(C)C)N(C)C(=O)OCC(C)(C)C. The van der Waals surface area contributed by atoms with Gasteiger partial charge in [0.15, 0.2) is 0 Å². The number of likely N-dealkylation sites (N-methyl/N-ethyl adjacent to an activating group) is 2. The standard InChI is InChI=1S/C19H36N2O5/c1-13(21(10)17(24)26-12-19(6,7)8)15(22)20(9)14(2)16(23)25-11-18(3,4)5/h13-14H,11-12H2,1-10H3. The Hall–Kier alpha value is -1.79. The minimum atomic E-state index is -0.759. The topological polar surface area (TPSA) is 76.2 Å². The van der Waals surface area contributed by atoms with Crippen LogP contribution in [0.3, 0.4) is 0 Å². The first-order valence-corrected chi connectivity index (χ1v) is 8.90. The first-order valence-electron chi connectivity index (χ1n) is 8.90. The van der Waals surface area contributed by atoms with Crippen LogP contribution in [0.2, 0.25) is 0 Å². The smallest absolute Gasteiger partial charge is 0.410 e. The molecule has 0 rings (SSSR count). The maximum atomic E-state index is 12.6. The van der Waals surface area contributed by atoms with Crippen molar-refractivity contribution in [1.82, 2.24) is 9.80 Å². The number of hydrogen-bond donors (Lipinski definition) is 0. The zero-order valence-electron chi connectivity index (χ0n) is 18.0. The number of amides is 2. The van der Waals surface area contributed by atoms with Gasteiger partial charge in [-0.15, -0.1) is 0 Å². The van der Waals surface area contributed by atoms with Crippen LogP contribution in [0, 0.1) is 10.8 Å². The summed E-state index contributed by atoms with van der Waals surface area (Å²) in [7, 11) is 3.03. The second kappa shape index (κ2) is 9.24. The molecule has 0 aromatic carbocycles. The third-order valence-electron chi connectivity index (χ3n) is 3.77. The average Bonchev–Trinajstić information content (AvgIpc) is 2.52. The fraction of sp³-hybridized carbons (Fsp3) is 0.842. The lowest BCUT2D eigenvalue weighted by Gasteiger charge is -2.31. The van der Waals surface area contributed by atoms with Crippen molar-refractivity contribution in [3.8, 4) is 0 Å². The van der Waals surface area contributed by atoms with E-state index in [9.17, 15) is 14.4 Å². The molecular formula is C19H36N2O5. The van der Waals surface area contributed by atoms with Gasteiger partial charge in [0, 0.05) is 14.1 Å². The van der Waals surface area contributed by atoms with Gasteiger partial charge in [-0.1, -0.05) is 41.5 Å². The molecule has 0 bridgehead atoms. The van der Waals surface area contributed by atoms with E-state index in [0.29, 0.717) is 0 Å². The molecule has 26 heavy (non-hydrogen) atoms. The van der Waals surface area contributed by atoms with Crippen LogP contribution in [0.5, 0.6) is 0 Å². The van der Waals surface area contributed by atoms with Gasteiger partial charge in [-0.25, -0.2) is 9.59 Å². The van der Waals surface area contributed by atoms with Gasteiger partial charge in [0.1, 0.15) is 12.1 Å². The van der Waals surface area contributed by atoms with E-state index in [-0.39, 0.29) is 30.0 Å². The maximum absolute atomic E-state index is 12.6. The van der Waals surface area contributed by atoms with Crippen LogP contribution in [-0.2, 0) is 19.1 Å². The van der Waals surface area contributed by atoms with Crippen molar-refractivity contribution < 1.29 is 23.9 Å². The van der Waals surface area contributed by atoms with Gasteiger partial charge in [-0.05, 0) is 24.7 Å².